The van der Waals surface area contributed by atoms with Crippen molar-refractivity contribution in [2.45, 2.75) is 38.5 Å². The maximum atomic E-state index is 3.43. The summed E-state index contributed by atoms with van der Waals surface area (Å²) < 4.78 is 0. The van der Waals surface area contributed by atoms with E-state index < -0.39 is 0 Å². The van der Waals surface area contributed by atoms with Crippen molar-refractivity contribution in [3.63, 3.8) is 0 Å². The highest BCUT2D eigenvalue weighted by molar-refractivity contribution is 5.86. The molecule has 0 unspecified atom stereocenters. The molecule has 4 heteroatoms. The van der Waals surface area contributed by atoms with Gasteiger partial charge in [-0.3, -0.25) is 0 Å². The first-order chi connectivity index (χ1) is 4.50. The zero-order chi connectivity index (χ0) is 6.36. The SMILES string of the molecule is C1CCCCNCCC1.Cl.Cl.Cl. The summed E-state index contributed by atoms with van der Waals surface area (Å²) in [5.74, 6) is 0. The van der Waals surface area contributed by atoms with Crippen molar-refractivity contribution in [1.82, 2.24) is 5.32 Å². The molecule has 1 rings (SSSR count). The number of hydrogen-bond donors (Lipinski definition) is 1. The second-order valence-electron chi connectivity index (χ2n) is 2.87. The lowest BCUT2D eigenvalue weighted by Gasteiger charge is -1.98. The van der Waals surface area contributed by atoms with E-state index in [4.69, 9.17) is 0 Å². The minimum absolute atomic E-state index is 0. The van der Waals surface area contributed by atoms with E-state index in [0.29, 0.717) is 0 Å². The van der Waals surface area contributed by atoms with Crippen LogP contribution in [0.25, 0.3) is 0 Å². The zero-order valence-corrected chi connectivity index (χ0v) is 9.83. The third kappa shape index (κ3) is 10.8. The van der Waals surface area contributed by atoms with Crippen molar-refractivity contribution in [2.75, 3.05) is 13.1 Å². The Morgan fingerprint density at radius 1 is 0.500 bits per heavy atom. The van der Waals surface area contributed by atoms with Gasteiger partial charge in [-0.2, -0.15) is 0 Å². The van der Waals surface area contributed by atoms with Crippen molar-refractivity contribution >= 4 is 37.2 Å². The predicted octanol–water partition coefficient (Wildman–Crippen LogP) is 3.20. The van der Waals surface area contributed by atoms with E-state index in [1.54, 1.807) is 0 Å². The van der Waals surface area contributed by atoms with Gasteiger partial charge in [0.15, 0.2) is 0 Å². The topological polar surface area (TPSA) is 12.0 Å². The van der Waals surface area contributed by atoms with Crippen molar-refractivity contribution in [3.8, 4) is 0 Å². The van der Waals surface area contributed by atoms with Gasteiger partial charge in [-0.1, -0.05) is 25.7 Å². The molecule has 0 aromatic rings. The van der Waals surface area contributed by atoms with Crippen molar-refractivity contribution in [1.29, 1.82) is 0 Å². The first kappa shape index (κ1) is 18.6. The summed E-state index contributed by atoms with van der Waals surface area (Å²) in [6.07, 6.45) is 8.57. The summed E-state index contributed by atoms with van der Waals surface area (Å²) >= 11 is 0. The molecule has 0 saturated carbocycles. The Bertz CT molecular complexity index is 42.8. The highest BCUT2D eigenvalue weighted by Crippen LogP contribution is 2.05. The normalized spacial score (nSPS) is 18.0. The summed E-state index contributed by atoms with van der Waals surface area (Å²) in [6.45, 7) is 2.50. The van der Waals surface area contributed by atoms with Gasteiger partial charge in [0.05, 0.1) is 0 Å². The highest BCUT2D eigenvalue weighted by Gasteiger charge is 1.94. The van der Waals surface area contributed by atoms with Gasteiger partial charge in [0.2, 0.25) is 0 Å². The van der Waals surface area contributed by atoms with Gasteiger partial charge < -0.3 is 5.32 Å². The Hall–Kier alpha value is 0.830. The molecule has 1 aliphatic rings. The quantitative estimate of drug-likeness (QED) is 0.681. The molecule has 0 atom stereocenters. The predicted molar refractivity (Wildman–Crippen MR) is 62.3 cm³/mol. The second-order valence-corrected chi connectivity index (χ2v) is 2.87. The van der Waals surface area contributed by atoms with Crippen LogP contribution in [0.15, 0.2) is 0 Å². The molecular formula is C8H20Cl3N. The van der Waals surface area contributed by atoms with Gasteiger partial charge in [-0.05, 0) is 25.9 Å². The maximum Gasteiger partial charge on any atom is -0.00489 e. The molecule has 1 fully saturated rings. The van der Waals surface area contributed by atoms with E-state index in [1.807, 2.05) is 0 Å². The zero-order valence-electron chi connectivity index (χ0n) is 7.38. The van der Waals surface area contributed by atoms with Gasteiger partial charge in [-0.25, -0.2) is 0 Å². The maximum absolute atomic E-state index is 3.43. The fourth-order valence-electron chi connectivity index (χ4n) is 1.33. The van der Waals surface area contributed by atoms with Crippen LogP contribution in [0.2, 0.25) is 0 Å². The molecule has 1 N–H and O–H groups in total. The molecule has 0 amide bonds. The van der Waals surface area contributed by atoms with Crippen LogP contribution in [0.3, 0.4) is 0 Å². The first-order valence-electron chi connectivity index (χ1n) is 4.21. The van der Waals surface area contributed by atoms with E-state index >= 15 is 0 Å². The van der Waals surface area contributed by atoms with Crippen molar-refractivity contribution in [2.24, 2.45) is 0 Å². The van der Waals surface area contributed by atoms with Crippen LogP contribution in [0.1, 0.15) is 38.5 Å². The third-order valence-corrected chi connectivity index (χ3v) is 1.96. The first-order valence-corrected chi connectivity index (χ1v) is 4.21. The second kappa shape index (κ2) is 14.4. The fourth-order valence-corrected chi connectivity index (χ4v) is 1.33. The average molecular weight is 237 g/mol. The molecule has 0 spiro atoms. The van der Waals surface area contributed by atoms with Crippen LogP contribution < -0.4 is 5.32 Å². The summed E-state index contributed by atoms with van der Waals surface area (Å²) in [4.78, 5) is 0. The Morgan fingerprint density at radius 2 is 0.833 bits per heavy atom. The van der Waals surface area contributed by atoms with Crippen LogP contribution >= 0.6 is 37.2 Å². The van der Waals surface area contributed by atoms with Gasteiger partial charge in [0, 0.05) is 0 Å². The summed E-state index contributed by atoms with van der Waals surface area (Å²) in [5.41, 5.74) is 0. The molecule has 0 aromatic carbocycles. The molecule has 0 bridgehead atoms. The summed E-state index contributed by atoms with van der Waals surface area (Å²) in [5, 5.41) is 3.43. The lowest BCUT2D eigenvalue weighted by atomic mass is 10.1. The number of halogens is 3. The van der Waals surface area contributed by atoms with Gasteiger partial charge in [0.1, 0.15) is 0 Å². The fraction of sp³-hybridized carbons (Fsp3) is 1.00. The molecular weight excluding hydrogens is 216 g/mol. The van der Waals surface area contributed by atoms with Gasteiger partial charge in [-0.15, -0.1) is 37.2 Å². The van der Waals surface area contributed by atoms with Gasteiger partial charge in [0.25, 0.3) is 0 Å². The van der Waals surface area contributed by atoms with Crippen LogP contribution in [0, 0.1) is 0 Å². The van der Waals surface area contributed by atoms with Gasteiger partial charge >= 0.3 is 0 Å². The standard InChI is InChI=1S/C8H17N.3ClH/c1-2-4-6-8-9-7-5-3-1;;;/h9H,1-8H2;3*1H. The number of hydrogen-bond acceptors (Lipinski definition) is 1. The van der Waals surface area contributed by atoms with E-state index in [-0.39, 0.29) is 37.2 Å². The molecule has 1 nitrogen and oxygen atoms in total. The minimum Gasteiger partial charge on any atom is -0.317 e. The molecule has 1 heterocycles. The molecule has 0 radical (unpaired) electrons. The van der Waals surface area contributed by atoms with E-state index in [1.165, 1.54) is 51.6 Å². The average Bonchev–Trinajstić information content (AvgIpc) is 2.00. The Labute approximate surface area is 94.3 Å². The van der Waals surface area contributed by atoms with Crippen LogP contribution in [0.5, 0.6) is 0 Å². The van der Waals surface area contributed by atoms with E-state index in [2.05, 4.69) is 5.32 Å². The number of rotatable bonds is 0. The third-order valence-electron chi connectivity index (χ3n) is 1.96. The van der Waals surface area contributed by atoms with Crippen LogP contribution in [-0.4, -0.2) is 13.1 Å². The van der Waals surface area contributed by atoms with Crippen LogP contribution in [-0.2, 0) is 0 Å². The summed E-state index contributed by atoms with van der Waals surface area (Å²) in [6, 6.07) is 0. The molecule has 78 valence electrons. The Morgan fingerprint density at radius 3 is 1.25 bits per heavy atom. The Kier molecular flexibility index (Phi) is 22.2. The minimum atomic E-state index is 0. The summed E-state index contributed by atoms with van der Waals surface area (Å²) in [7, 11) is 0. The van der Waals surface area contributed by atoms with Crippen LogP contribution in [0.4, 0.5) is 0 Å². The largest absolute Gasteiger partial charge is 0.317 e. The number of nitrogens with one attached hydrogen (secondary N) is 1. The molecule has 12 heavy (non-hydrogen) atoms. The lowest BCUT2D eigenvalue weighted by Crippen LogP contribution is -2.15. The Balaban J connectivity index is -0.000000270. The molecule has 0 aromatic heterocycles. The monoisotopic (exact) mass is 235 g/mol. The van der Waals surface area contributed by atoms with E-state index in [9.17, 15) is 0 Å². The highest BCUT2D eigenvalue weighted by atomic mass is 35.5. The smallest absolute Gasteiger partial charge is 0.00489 e. The molecule has 0 aliphatic carbocycles. The lowest BCUT2D eigenvalue weighted by molar-refractivity contribution is 0.633. The molecule has 1 saturated heterocycles. The van der Waals surface area contributed by atoms with Crippen molar-refractivity contribution < 1.29 is 0 Å². The van der Waals surface area contributed by atoms with E-state index in [0.717, 1.165) is 0 Å². The molecule has 1 aliphatic heterocycles. The van der Waals surface area contributed by atoms with Crippen molar-refractivity contribution in [3.05, 3.63) is 0 Å².